The third kappa shape index (κ3) is 4.70. The van der Waals surface area contributed by atoms with Crippen LogP contribution in [0.4, 0.5) is 0 Å². The van der Waals surface area contributed by atoms with Crippen LogP contribution >= 0.6 is 0 Å². The number of phenols is 4. The topological polar surface area (TPSA) is 99.4 Å². The molecule has 2 aliphatic rings. The van der Waals surface area contributed by atoms with Gasteiger partial charge in [-0.2, -0.15) is 0 Å². The summed E-state index contributed by atoms with van der Waals surface area (Å²) in [6, 6.07) is 16.3. The van der Waals surface area contributed by atoms with Crippen LogP contribution in [0.2, 0.25) is 0 Å². The van der Waals surface area contributed by atoms with Crippen molar-refractivity contribution in [3.63, 3.8) is 0 Å². The molecule has 2 aliphatic heterocycles. The van der Waals surface area contributed by atoms with Gasteiger partial charge in [-0.15, -0.1) is 0 Å². The first-order valence-electron chi connectivity index (χ1n) is 14.3. The number of ether oxygens (including phenoxy) is 2. The van der Waals surface area contributed by atoms with Gasteiger partial charge in [0.1, 0.15) is 0 Å². The standard InChI is InChI=1S/C35H35O6.Mo/c1-17-6-8-22(12-19(17)3)33-20(4)13-26-18(2)7-10-25(35(26)41-33)31-21(5)34(23-9-11-27(37)28(38)14-23)40-30-16-24(36)15-29(39)32(30)31;/h6-9,11-12,14-16,20-21,31,33-34,36-39H,13H2,1-5H3;. The zero-order chi connectivity index (χ0) is 30.0. The molecule has 217 valence electrons. The molecule has 6 rings (SSSR count). The summed E-state index contributed by atoms with van der Waals surface area (Å²) in [5.74, 6) is 0.328. The summed E-state index contributed by atoms with van der Waals surface area (Å²) >= 11 is 1.98. The second-order valence-electron chi connectivity index (χ2n) is 12.0. The zero-order valence-corrected chi connectivity index (χ0v) is 26.3. The van der Waals surface area contributed by atoms with Gasteiger partial charge >= 0.3 is 258 Å². The molecular weight excluding hydrogens is 612 g/mol. The molecule has 0 fully saturated rings. The summed E-state index contributed by atoms with van der Waals surface area (Å²) in [6.45, 7) is 10.7. The van der Waals surface area contributed by atoms with Crippen molar-refractivity contribution < 1.29 is 49.7 Å². The number of phenolic OH excluding ortho intramolecular Hbond substituents is 4. The van der Waals surface area contributed by atoms with Crippen LogP contribution in [0, 0.1) is 32.6 Å². The van der Waals surface area contributed by atoms with Crippen LogP contribution in [0.25, 0.3) is 0 Å². The van der Waals surface area contributed by atoms with E-state index in [9.17, 15) is 20.4 Å². The van der Waals surface area contributed by atoms with Gasteiger partial charge in [-0.05, 0) is 0 Å². The summed E-state index contributed by atoms with van der Waals surface area (Å²) in [5.41, 5.74) is 8.23. The molecule has 0 spiro atoms. The van der Waals surface area contributed by atoms with E-state index in [-0.39, 0.29) is 46.9 Å². The Hall–Kier alpha value is -3.63. The molecule has 4 aromatic carbocycles. The number of hydrogen-bond acceptors (Lipinski definition) is 6. The fraction of sp³-hybridized carbons (Fsp3) is 0.314. The molecule has 0 aromatic heterocycles. The molecule has 0 aliphatic carbocycles. The van der Waals surface area contributed by atoms with E-state index in [4.69, 9.17) is 9.47 Å². The molecule has 5 atom stereocenters. The van der Waals surface area contributed by atoms with Crippen LogP contribution in [0.15, 0.2) is 54.6 Å². The Morgan fingerprint density at radius 2 is 1.40 bits per heavy atom. The Labute approximate surface area is 257 Å². The van der Waals surface area contributed by atoms with E-state index in [1.54, 1.807) is 6.07 Å². The number of aryl methyl sites for hydroxylation is 3. The molecule has 0 saturated carbocycles. The zero-order valence-electron chi connectivity index (χ0n) is 24.3. The Bertz CT molecular complexity index is 1710. The van der Waals surface area contributed by atoms with Crippen molar-refractivity contribution in [2.45, 2.75) is 59.2 Å². The van der Waals surface area contributed by atoms with Gasteiger partial charge in [0.15, 0.2) is 0 Å². The van der Waals surface area contributed by atoms with Crippen LogP contribution in [-0.4, -0.2) is 20.4 Å². The van der Waals surface area contributed by atoms with Crippen LogP contribution in [0.3, 0.4) is 0 Å². The Morgan fingerprint density at radius 3 is 2.12 bits per heavy atom. The Kier molecular flexibility index (Phi) is 7.17. The second kappa shape index (κ2) is 10.6. The van der Waals surface area contributed by atoms with Crippen LogP contribution in [-0.2, 0) is 26.2 Å². The third-order valence-electron chi connectivity index (χ3n) is 9.07. The quantitative estimate of drug-likeness (QED) is 0.144. The van der Waals surface area contributed by atoms with Crippen molar-refractivity contribution in [2.24, 2.45) is 11.8 Å². The maximum absolute atomic E-state index is 11.2. The summed E-state index contributed by atoms with van der Waals surface area (Å²) in [7, 11) is 0. The molecule has 4 aromatic rings. The van der Waals surface area contributed by atoms with Gasteiger partial charge in [0.05, 0.1) is 0 Å². The first-order chi connectivity index (χ1) is 19.9. The minimum absolute atomic E-state index is 0.0429. The maximum atomic E-state index is 11.2. The molecule has 4 N–H and O–H groups in total. The van der Waals surface area contributed by atoms with Gasteiger partial charge in [-0.1, -0.05) is 0 Å². The van der Waals surface area contributed by atoms with Crippen LogP contribution in [0.5, 0.6) is 34.5 Å². The number of fused-ring (bicyclic) bond motifs is 2. The van der Waals surface area contributed by atoms with Crippen molar-refractivity contribution in [3.05, 3.63) is 99.1 Å². The molecular formula is C35H35MoO6. The molecule has 0 radical (unpaired) electrons. The number of hydrogen-bond donors (Lipinski definition) is 4. The Morgan fingerprint density at radius 1 is 0.690 bits per heavy atom. The van der Waals surface area contributed by atoms with E-state index in [1.807, 2.05) is 19.8 Å². The van der Waals surface area contributed by atoms with Gasteiger partial charge in [-0.3, -0.25) is 0 Å². The van der Waals surface area contributed by atoms with Crippen LogP contribution < -0.4 is 13.4 Å². The van der Waals surface area contributed by atoms with Gasteiger partial charge in [0.2, 0.25) is 0 Å². The van der Waals surface area contributed by atoms with E-state index in [0.29, 0.717) is 16.9 Å². The third-order valence-corrected chi connectivity index (χ3v) is 9.90. The number of aromatic hydroxyl groups is 4. The average molecular weight is 648 g/mol. The van der Waals surface area contributed by atoms with E-state index in [2.05, 4.69) is 58.9 Å². The van der Waals surface area contributed by atoms with Crippen molar-refractivity contribution in [2.75, 3.05) is 0 Å². The second-order valence-corrected chi connectivity index (χ2v) is 13.1. The van der Waals surface area contributed by atoms with Crippen molar-refractivity contribution in [1.29, 1.82) is 0 Å². The van der Waals surface area contributed by atoms with Gasteiger partial charge in [-0.25, -0.2) is 0 Å². The first kappa shape index (κ1) is 28.5. The SMILES string of the molecule is Cc1ccc(C2Oc3c(c(C)c[c]([Mo])c3C3c4c(O)cc(O)cc4OC(c4ccc(O)c(O)c4)C3C)CC2C)cc1C. The van der Waals surface area contributed by atoms with E-state index in [0.717, 1.165) is 27.3 Å². The van der Waals surface area contributed by atoms with Gasteiger partial charge in [0, 0.05) is 0 Å². The first-order valence-corrected chi connectivity index (χ1v) is 15.3. The van der Waals surface area contributed by atoms with Gasteiger partial charge < -0.3 is 0 Å². The molecule has 2 heterocycles. The van der Waals surface area contributed by atoms with Crippen LogP contribution in [0.1, 0.15) is 76.5 Å². The fourth-order valence-electron chi connectivity index (χ4n) is 6.69. The number of rotatable bonds is 3. The van der Waals surface area contributed by atoms with E-state index >= 15 is 0 Å². The van der Waals surface area contributed by atoms with Gasteiger partial charge in [0.25, 0.3) is 0 Å². The minimum atomic E-state index is -0.536. The van der Waals surface area contributed by atoms with Crippen molar-refractivity contribution >= 4 is 3.95 Å². The van der Waals surface area contributed by atoms with Crippen molar-refractivity contribution in [3.8, 4) is 34.5 Å². The predicted octanol–water partition coefficient (Wildman–Crippen LogP) is 6.82. The van der Waals surface area contributed by atoms with E-state index < -0.39 is 6.10 Å². The molecule has 5 unspecified atom stereocenters. The average Bonchev–Trinajstić information content (AvgIpc) is 2.93. The molecule has 42 heavy (non-hydrogen) atoms. The molecule has 0 amide bonds. The fourth-order valence-corrected chi connectivity index (χ4v) is 7.67. The molecule has 7 heteroatoms. The summed E-state index contributed by atoms with van der Waals surface area (Å²) in [5, 5.41) is 41.9. The molecule has 0 saturated heterocycles. The monoisotopic (exact) mass is 649 g/mol. The number of benzene rings is 4. The summed E-state index contributed by atoms with van der Waals surface area (Å²) < 4.78 is 14.5. The van der Waals surface area contributed by atoms with E-state index in [1.165, 1.54) is 46.5 Å². The predicted molar refractivity (Wildman–Crippen MR) is 157 cm³/mol. The normalized spacial score (nSPS) is 22.9. The summed E-state index contributed by atoms with van der Waals surface area (Å²) in [4.78, 5) is 0. The molecule has 6 nitrogen and oxygen atoms in total. The Balaban J connectivity index is 1.55. The van der Waals surface area contributed by atoms with Crippen molar-refractivity contribution in [1.82, 2.24) is 0 Å². The molecule has 0 bridgehead atoms. The summed E-state index contributed by atoms with van der Waals surface area (Å²) in [6.07, 6.45) is 0.186.